The van der Waals surface area contributed by atoms with Crippen LogP contribution in [-0.2, 0) is 6.54 Å². The van der Waals surface area contributed by atoms with Crippen molar-refractivity contribution in [3.8, 4) is 5.75 Å². The van der Waals surface area contributed by atoms with Gasteiger partial charge in [0.15, 0.2) is 0 Å². The minimum atomic E-state index is -0.310. The van der Waals surface area contributed by atoms with Crippen LogP contribution in [0.5, 0.6) is 5.75 Å². The van der Waals surface area contributed by atoms with Crippen LogP contribution < -0.4 is 10.6 Å². The van der Waals surface area contributed by atoms with Gasteiger partial charge in [0.05, 0.1) is 5.56 Å². The SMILES string of the molecule is CNCc1ccccc1NC(=O)c1cccc(C)c1O. The summed E-state index contributed by atoms with van der Waals surface area (Å²) in [6, 6.07) is 12.7. The van der Waals surface area contributed by atoms with Gasteiger partial charge in [0.25, 0.3) is 5.91 Å². The molecule has 104 valence electrons. The molecule has 2 aromatic rings. The second kappa shape index (κ2) is 6.21. The number of rotatable bonds is 4. The van der Waals surface area contributed by atoms with Crippen molar-refractivity contribution in [2.24, 2.45) is 0 Å². The van der Waals surface area contributed by atoms with Gasteiger partial charge in [-0.15, -0.1) is 0 Å². The highest BCUT2D eigenvalue weighted by Crippen LogP contribution is 2.23. The molecule has 0 aliphatic rings. The first kappa shape index (κ1) is 14.1. The third-order valence-electron chi connectivity index (χ3n) is 3.12. The van der Waals surface area contributed by atoms with Gasteiger partial charge < -0.3 is 15.7 Å². The van der Waals surface area contributed by atoms with E-state index in [0.29, 0.717) is 12.1 Å². The molecular weight excluding hydrogens is 252 g/mol. The molecule has 0 unspecified atom stereocenters. The highest BCUT2D eigenvalue weighted by Gasteiger charge is 2.13. The van der Waals surface area contributed by atoms with Gasteiger partial charge in [0.1, 0.15) is 5.75 Å². The zero-order valence-corrected chi connectivity index (χ0v) is 11.6. The molecule has 2 aromatic carbocycles. The Morgan fingerprint density at radius 1 is 1.15 bits per heavy atom. The lowest BCUT2D eigenvalue weighted by Crippen LogP contribution is -2.15. The van der Waals surface area contributed by atoms with Crippen molar-refractivity contribution < 1.29 is 9.90 Å². The Morgan fingerprint density at radius 3 is 2.65 bits per heavy atom. The molecule has 20 heavy (non-hydrogen) atoms. The first-order valence-electron chi connectivity index (χ1n) is 6.46. The molecule has 1 amide bonds. The molecule has 0 aromatic heterocycles. The number of hydrogen-bond acceptors (Lipinski definition) is 3. The van der Waals surface area contributed by atoms with Crippen molar-refractivity contribution in [3.05, 3.63) is 59.2 Å². The van der Waals surface area contributed by atoms with E-state index in [1.165, 1.54) is 0 Å². The second-order valence-corrected chi connectivity index (χ2v) is 4.61. The number of benzene rings is 2. The summed E-state index contributed by atoms with van der Waals surface area (Å²) in [6.45, 7) is 2.43. The highest BCUT2D eigenvalue weighted by molar-refractivity contribution is 6.06. The number of phenols is 1. The van der Waals surface area contributed by atoms with Crippen molar-refractivity contribution >= 4 is 11.6 Å². The van der Waals surface area contributed by atoms with Crippen molar-refractivity contribution in [2.75, 3.05) is 12.4 Å². The van der Waals surface area contributed by atoms with Crippen LogP contribution in [0.4, 0.5) is 5.69 Å². The quantitative estimate of drug-likeness (QED) is 0.800. The lowest BCUT2D eigenvalue weighted by molar-refractivity contribution is 0.102. The fraction of sp³-hybridized carbons (Fsp3) is 0.188. The fourth-order valence-corrected chi connectivity index (χ4v) is 2.02. The number of carbonyl (C=O) groups excluding carboxylic acids is 1. The summed E-state index contributed by atoms with van der Waals surface area (Å²) in [7, 11) is 1.85. The smallest absolute Gasteiger partial charge is 0.259 e. The molecule has 3 N–H and O–H groups in total. The molecule has 4 nitrogen and oxygen atoms in total. The van der Waals surface area contributed by atoms with E-state index in [-0.39, 0.29) is 17.2 Å². The van der Waals surface area contributed by atoms with Gasteiger partial charge >= 0.3 is 0 Å². The van der Waals surface area contributed by atoms with Crippen molar-refractivity contribution in [3.63, 3.8) is 0 Å². The van der Waals surface area contributed by atoms with E-state index < -0.39 is 0 Å². The first-order valence-corrected chi connectivity index (χ1v) is 6.46. The van der Waals surface area contributed by atoms with Crippen LogP contribution in [0.3, 0.4) is 0 Å². The summed E-state index contributed by atoms with van der Waals surface area (Å²) in [5, 5.41) is 15.8. The molecule has 0 saturated carbocycles. The van der Waals surface area contributed by atoms with Gasteiger partial charge in [-0.1, -0.05) is 30.3 Å². The number of aromatic hydroxyl groups is 1. The third-order valence-corrected chi connectivity index (χ3v) is 3.12. The van der Waals surface area contributed by atoms with Crippen molar-refractivity contribution in [1.82, 2.24) is 5.32 Å². The van der Waals surface area contributed by atoms with Crippen molar-refractivity contribution in [1.29, 1.82) is 0 Å². The lowest BCUT2D eigenvalue weighted by atomic mass is 10.1. The minimum Gasteiger partial charge on any atom is -0.507 e. The molecule has 0 aliphatic heterocycles. The van der Waals surface area contributed by atoms with Crippen LogP contribution in [0.15, 0.2) is 42.5 Å². The van der Waals surface area contributed by atoms with E-state index in [1.807, 2.05) is 31.3 Å². The Kier molecular flexibility index (Phi) is 4.38. The standard InChI is InChI=1S/C16H18N2O2/c1-11-6-5-8-13(15(11)19)16(20)18-14-9-4-3-7-12(14)10-17-2/h3-9,17,19H,10H2,1-2H3,(H,18,20). The Morgan fingerprint density at radius 2 is 1.90 bits per heavy atom. The Hall–Kier alpha value is -2.33. The topological polar surface area (TPSA) is 61.4 Å². The van der Waals surface area contributed by atoms with Gasteiger partial charge in [0.2, 0.25) is 0 Å². The fourth-order valence-electron chi connectivity index (χ4n) is 2.02. The molecule has 0 spiro atoms. The number of nitrogens with one attached hydrogen (secondary N) is 2. The summed E-state index contributed by atoms with van der Waals surface area (Å²) in [5.74, 6) is -0.286. The molecular formula is C16H18N2O2. The minimum absolute atomic E-state index is 0.0242. The molecule has 0 radical (unpaired) electrons. The largest absolute Gasteiger partial charge is 0.507 e. The lowest BCUT2D eigenvalue weighted by Gasteiger charge is -2.12. The average Bonchev–Trinajstić information content (AvgIpc) is 2.44. The van der Waals surface area contributed by atoms with Crippen LogP contribution in [0.1, 0.15) is 21.5 Å². The Labute approximate surface area is 118 Å². The van der Waals surface area contributed by atoms with Gasteiger partial charge in [-0.2, -0.15) is 0 Å². The van der Waals surface area contributed by atoms with E-state index in [4.69, 9.17) is 0 Å². The zero-order chi connectivity index (χ0) is 14.5. The molecule has 0 heterocycles. The monoisotopic (exact) mass is 270 g/mol. The molecule has 2 rings (SSSR count). The zero-order valence-electron chi connectivity index (χ0n) is 11.6. The molecule has 0 bridgehead atoms. The number of anilines is 1. The van der Waals surface area contributed by atoms with Gasteiger partial charge in [-0.05, 0) is 37.2 Å². The number of carbonyl (C=O) groups is 1. The third kappa shape index (κ3) is 2.97. The summed E-state index contributed by atoms with van der Waals surface area (Å²) in [6.07, 6.45) is 0. The molecule has 0 atom stereocenters. The molecule has 4 heteroatoms. The van der Waals surface area contributed by atoms with E-state index in [0.717, 1.165) is 11.3 Å². The summed E-state index contributed by atoms with van der Waals surface area (Å²) in [4.78, 5) is 12.3. The van der Waals surface area contributed by atoms with E-state index in [1.54, 1.807) is 25.1 Å². The van der Waals surface area contributed by atoms with E-state index in [2.05, 4.69) is 10.6 Å². The average molecular weight is 270 g/mol. The Balaban J connectivity index is 2.26. The second-order valence-electron chi connectivity index (χ2n) is 4.61. The summed E-state index contributed by atoms with van der Waals surface area (Å²) < 4.78 is 0. The predicted octanol–water partition coefficient (Wildman–Crippen LogP) is 2.67. The Bertz CT molecular complexity index is 624. The predicted molar refractivity (Wildman–Crippen MR) is 80.0 cm³/mol. The van der Waals surface area contributed by atoms with Crippen LogP contribution in [0, 0.1) is 6.92 Å². The molecule has 0 aliphatic carbocycles. The first-order chi connectivity index (χ1) is 9.63. The highest BCUT2D eigenvalue weighted by atomic mass is 16.3. The van der Waals surface area contributed by atoms with Crippen LogP contribution >= 0.6 is 0 Å². The van der Waals surface area contributed by atoms with Gasteiger partial charge in [-0.3, -0.25) is 4.79 Å². The summed E-state index contributed by atoms with van der Waals surface area (Å²) in [5.41, 5.74) is 2.70. The number of para-hydroxylation sites is 2. The number of amides is 1. The maximum absolute atomic E-state index is 12.3. The molecule has 0 fully saturated rings. The number of hydrogen-bond donors (Lipinski definition) is 3. The van der Waals surface area contributed by atoms with Crippen LogP contribution in [-0.4, -0.2) is 18.1 Å². The van der Waals surface area contributed by atoms with E-state index >= 15 is 0 Å². The van der Waals surface area contributed by atoms with Crippen LogP contribution in [0.2, 0.25) is 0 Å². The van der Waals surface area contributed by atoms with Crippen molar-refractivity contribution in [2.45, 2.75) is 13.5 Å². The number of aryl methyl sites for hydroxylation is 1. The van der Waals surface area contributed by atoms with Gasteiger partial charge in [0, 0.05) is 12.2 Å². The maximum Gasteiger partial charge on any atom is 0.259 e. The summed E-state index contributed by atoms with van der Waals surface area (Å²) >= 11 is 0. The molecule has 0 saturated heterocycles. The number of phenolic OH excluding ortho intramolecular Hbond substituents is 1. The van der Waals surface area contributed by atoms with Gasteiger partial charge in [-0.25, -0.2) is 0 Å². The normalized spacial score (nSPS) is 10.3. The maximum atomic E-state index is 12.3. The van der Waals surface area contributed by atoms with Crippen LogP contribution in [0.25, 0.3) is 0 Å². The van der Waals surface area contributed by atoms with E-state index in [9.17, 15) is 9.90 Å².